The van der Waals surface area contributed by atoms with Crippen LogP contribution in [0.4, 0.5) is 4.79 Å². The number of carboxylic acids is 1. The fourth-order valence-corrected chi connectivity index (χ4v) is 3.92. The first-order chi connectivity index (χ1) is 10.5. The molecule has 1 saturated carbocycles. The molecule has 1 aromatic carbocycles. The molecule has 2 N–H and O–H groups in total. The van der Waals surface area contributed by atoms with Gasteiger partial charge in [-0.3, -0.25) is 4.79 Å². The average molecular weight is 323 g/mol. The molecule has 0 aromatic heterocycles. The molecule has 1 heterocycles. The summed E-state index contributed by atoms with van der Waals surface area (Å²) < 4.78 is 0. The van der Waals surface area contributed by atoms with Gasteiger partial charge in [0.2, 0.25) is 0 Å². The van der Waals surface area contributed by atoms with E-state index in [9.17, 15) is 14.7 Å². The fourth-order valence-electron chi connectivity index (χ4n) is 3.72. The van der Waals surface area contributed by atoms with Gasteiger partial charge in [-0.1, -0.05) is 36.2 Å². The normalized spacial score (nSPS) is 26.8. The van der Waals surface area contributed by atoms with Crippen LogP contribution in [-0.4, -0.2) is 35.1 Å². The summed E-state index contributed by atoms with van der Waals surface area (Å²) in [6.07, 6.45) is 2.49. The lowest BCUT2D eigenvalue weighted by Crippen LogP contribution is -2.41. The van der Waals surface area contributed by atoms with Gasteiger partial charge in [0.05, 0.1) is 5.41 Å². The van der Waals surface area contributed by atoms with E-state index in [1.165, 1.54) is 0 Å². The molecule has 0 spiro atoms. The average Bonchev–Trinajstić information content (AvgIpc) is 3.04. The van der Waals surface area contributed by atoms with Crippen molar-refractivity contribution in [3.63, 3.8) is 0 Å². The van der Waals surface area contributed by atoms with E-state index in [1.54, 1.807) is 11.0 Å². The minimum atomic E-state index is -0.767. The van der Waals surface area contributed by atoms with Gasteiger partial charge >= 0.3 is 12.0 Å². The number of carbonyl (C=O) groups is 2. The molecule has 0 unspecified atom stereocenters. The second-order valence-corrected chi connectivity index (χ2v) is 6.59. The van der Waals surface area contributed by atoms with E-state index < -0.39 is 11.4 Å². The largest absolute Gasteiger partial charge is 0.481 e. The Kier molecular flexibility index (Phi) is 4.00. The molecule has 6 heteroatoms. The number of hydrogen-bond donors (Lipinski definition) is 2. The summed E-state index contributed by atoms with van der Waals surface area (Å²) in [5.74, 6) is -0.688. The summed E-state index contributed by atoms with van der Waals surface area (Å²) in [6, 6.07) is 7.14. The molecule has 22 heavy (non-hydrogen) atoms. The van der Waals surface area contributed by atoms with Gasteiger partial charge < -0.3 is 15.3 Å². The van der Waals surface area contributed by atoms with Crippen LogP contribution in [0.15, 0.2) is 24.3 Å². The lowest BCUT2D eigenvalue weighted by atomic mass is 9.81. The van der Waals surface area contributed by atoms with Crippen LogP contribution in [0.25, 0.3) is 0 Å². The highest BCUT2D eigenvalue weighted by atomic mass is 35.5. The third-order valence-electron chi connectivity index (χ3n) is 4.97. The summed E-state index contributed by atoms with van der Waals surface area (Å²) in [5, 5.41) is 13.0. The Bertz CT molecular complexity index is 607. The zero-order valence-electron chi connectivity index (χ0n) is 12.2. The second-order valence-electron chi connectivity index (χ2n) is 6.18. The monoisotopic (exact) mass is 322 g/mol. The minimum Gasteiger partial charge on any atom is -0.481 e. The first-order valence-corrected chi connectivity index (χ1v) is 7.90. The molecule has 3 rings (SSSR count). The van der Waals surface area contributed by atoms with E-state index in [0.717, 1.165) is 18.4 Å². The van der Waals surface area contributed by atoms with Crippen LogP contribution in [0, 0.1) is 11.3 Å². The Balaban J connectivity index is 1.63. The molecule has 1 aliphatic carbocycles. The first-order valence-electron chi connectivity index (χ1n) is 7.52. The maximum atomic E-state index is 12.3. The molecule has 0 radical (unpaired) electrons. The molecule has 5 nitrogen and oxygen atoms in total. The molecule has 2 fully saturated rings. The SMILES string of the molecule is O=C(NCc1ccccc1Cl)N1C[C@@H]2CCC[C@@]2(C(=O)O)C1. The van der Waals surface area contributed by atoms with Crippen molar-refractivity contribution in [1.29, 1.82) is 0 Å². The summed E-state index contributed by atoms with van der Waals surface area (Å²) in [5.41, 5.74) is 0.117. The van der Waals surface area contributed by atoms with E-state index in [2.05, 4.69) is 5.32 Å². The van der Waals surface area contributed by atoms with Crippen LogP contribution >= 0.6 is 11.6 Å². The number of nitrogens with zero attached hydrogens (tertiary/aromatic N) is 1. The predicted molar refractivity (Wildman–Crippen MR) is 82.7 cm³/mol. The van der Waals surface area contributed by atoms with E-state index in [4.69, 9.17) is 11.6 Å². The third-order valence-corrected chi connectivity index (χ3v) is 5.34. The minimum absolute atomic E-state index is 0.0797. The van der Waals surface area contributed by atoms with Crippen LogP contribution in [0.3, 0.4) is 0 Å². The number of amides is 2. The molecule has 0 bridgehead atoms. The third kappa shape index (κ3) is 2.54. The topological polar surface area (TPSA) is 69.6 Å². The lowest BCUT2D eigenvalue weighted by Gasteiger charge is -2.23. The van der Waals surface area contributed by atoms with Crippen molar-refractivity contribution < 1.29 is 14.7 Å². The van der Waals surface area contributed by atoms with Crippen molar-refractivity contribution in [2.75, 3.05) is 13.1 Å². The molecule has 2 amide bonds. The van der Waals surface area contributed by atoms with Crippen molar-refractivity contribution >= 4 is 23.6 Å². The molecule has 2 atom stereocenters. The van der Waals surface area contributed by atoms with E-state index in [1.807, 2.05) is 18.2 Å². The Morgan fingerprint density at radius 2 is 2.18 bits per heavy atom. The molecule has 2 aliphatic rings. The van der Waals surface area contributed by atoms with Gasteiger partial charge in [-0.15, -0.1) is 0 Å². The number of carboxylic acid groups (broad SMARTS) is 1. The smallest absolute Gasteiger partial charge is 0.317 e. The Hall–Kier alpha value is -1.75. The van der Waals surface area contributed by atoms with Gasteiger partial charge in [0, 0.05) is 24.7 Å². The van der Waals surface area contributed by atoms with Crippen molar-refractivity contribution in [1.82, 2.24) is 10.2 Å². The fraction of sp³-hybridized carbons (Fsp3) is 0.500. The maximum Gasteiger partial charge on any atom is 0.317 e. The molecular weight excluding hydrogens is 304 g/mol. The number of urea groups is 1. The number of nitrogens with one attached hydrogen (secondary N) is 1. The number of halogens is 1. The van der Waals surface area contributed by atoms with Crippen LogP contribution < -0.4 is 5.32 Å². The van der Waals surface area contributed by atoms with Crippen LogP contribution in [0.2, 0.25) is 5.02 Å². The Labute approximate surface area is 134 Å². The van der Waals surface area contributed by atoms with Crippen molar-refractivity contribution in [2.45, 2.75) is 25.8 Å². The molecule has 118 valence electrons. The number of benzene rings is 1. The highest BCUT2D eigenvalue weighted by molar-refractivity contribution is 6.31. The van der Waals surface area contributed by atoms with Gasteiger partial charge in [0.15, 0.2) is 0 Å². The zero-order chi connectivity index (χ0) is 15.7. The number of aliphatic carboxylic acids is 1. The van der Waals surface area contributed by atoms with Gasteiger partial charge in [-0.2, -0.15) is 0 Å². The van der Waals surface area contributed by atoms with Gasteiger partial charge in [-0.05, 0) is 30.4 Å². The maximum absolute atomic E-state index is 12.3. The van der Waals surface area contributed by atoms with Crippen LogP contribution in [-0.2, 0) is 11.3 Å². The summed E-state index contributed by atoms with van der Waals surface area (Å²) >= 11 is 6.07. The highest BCUT2D eigenvalue weighted by Crippen LogP contribution is 2.48. The van der Waals surface area contributed by atoms with Gasteiger partial charge in [0.25, 0.3) is 0 Å². The van der Waals surface area contributed by atoms with Crippen LogP contribution in [0.1, 0.15) is 24.8 Å². The summed E-state index contributed by atoms with van der Waals surface area (Å²) in [4.78, 5) is 25.6. The molecule has 1 aromatic rings. The zero-order valence-corrected chi connectivity index (χ0v) is 13.0. The van der Waals surface area contributed by atoms with E-state index in [0.29, 0.717) is 31.1 Å². The number of rotatable bonds is 3. The van der Waals surface area contributed by atoms with Crippen molar-refractivity contribution in [3.8, 4) is 0 Å². The predicted octanol–water partition coefficient (Wildman–Crippen LogP) is 2.74. The quantitative estimate of drug-likeness (QED) is 0.899. The van der Waals surface area contributed by atoms with Crippen molar-refractivity contribution in [3.05, 3.63) is 34.9 Å². The lowest BCUT2D eigenvalue weighted by molar-refractivity contribution is -0.149. The molecule has 1 aliphatic heterocycles. The number of hydrogen-bond acceptors (Lipinski definition) is 2. The molecular formula is C16H19ClN2O3. The molecule has 1 saturated heterocycles. The highest BCUT2D eigenvalue weighted by Gasteiger charge is 2.55. The Morgan fingerprint density at radius 1 is 1.41 bits per heavy atom. The van der Waals surface area contributed by atoms with Crippen LogP contribution in [0.5, 0.6) is 0 Å². The first kappa shape index (κ1) is 15.2. The number of carbonyl (C=O) groups excluding carboxylic acids is 1. The van der Waals surface area contributed by atoms with Gasteiger partial charge in [0.1, 0.15) is 0 Å². The second kappa shape index (κ2) is 5.80. The number of likely N-dealkylation sites (tertiary alicyclic amines) is 1. The van der Waals surface area contributed by atoms with Gasteiger partial charge in [-0.25, -0.2) is 4.79 Å². The van der Waals surface area contributed by atoms with E-state index >= 15 is 0 Å². The summed E-state index contributed by atoms with van der Waals surface area (Å²) in [6.45, 7) is 1.18. The number of fused-ring (bicyclic) bond motifs is 1. The standard InChI is InChI=1S/C16H19ClN2O3/c17-13-6-2-1-4-11(13)8-18-15(22)19-9-12-5-3-7-16(12,10-19)14(20)21/h1-2,4,6,12H,3,5,7-10H2,(H,18,22)(H,20,21)/t12-,16+/m0/s1. The summed E-state index contributed by atoms with van der Waals surface area (Å²) in [7, 11) is 0. The Morgan fingerprint density at radius 3 is 2.86 bits per heavy atom. The van der Waals surface area contributed by atoms with Crippen molar-refractivity contribution in [2.24, 2.45) is 11.3 Å². The van der Waals surface area contributed by atoms with E-state index in [-0.39, 0.29) is 11.9 Å².